The summed E-state index contributed by atoms with van der Waals surface area (Å²) in [6.45, 7) is 2.41. The first-order valence-electron chi connectivity index (χ1n) is 7.51. The molecule has 2 heterocycles. The van der Waals surface area contributed by atoms with Crippen LogP contribution in [-0.2, 0) is 6.54 Å². The van der Waals surface area contributed by atoms with E-state index in [0.717, 1.165) is 48.8 Å². The minimum Gasteiger partial charge on any atom is -0.324 e. The second kappa shape index (κ2) is 7.35. The van der Waals surface area contributed by atoms with E-state index in [1.165, 1.54) is 0 Å². The van der Waals surface area contributed by atoms with Crippen LogP contribution in [0.4, 0.5) is 10.5 Å². The zero-order valence-electron chi connectivity index (χ0n) is 12.4. The molecule has 1 saturated heterocycles. The molecule has 5 nitrogen and oxygen atoms in total. The maximum atomic E-state index is 12.3. The van der Waals surface area contributed by atoms with Gasteiger partial charge in [-0.3, -0.25) is 4.68 Å². The Balaban J connectivity index is 1.57. The number of nitrogens with one attached hydrogen (secondary N) is 1. The monoisotopic (exact) mass is 316 g/mol. The number of benzene rings is 1. The number of hydrogen-bond acceptors (Lipinski definition) is 3. The Labute approximate surface area is 134 Å². The average molecular weight is 316 g/mol. The SMILES string of the molecule is O=C(Nc1ccc(Cn2cccn2)cc1)N1CCCSCC1. The zero-order valence-corrected chi connectivity index (χ0v) is 13.3. The van der Waals surface area contributed by atoms with Gasteiger partial charge in [-0.05, 0) is 35.9 Å². The van der Waals surface area contributed by atoms with Crippen molar-refractivity contribution in [2.75, 3.05) is 29.9 Å². The van der Waals surface area contributed by atoms with Gasteiger partial charge < -0.3 is 10.2 Å². The predicted molar refractivity (Wildman–Crippen MR) is 90.3 cm³/mol. The molecule has 0 saturated carbocycles. The molecule has 1 aliphatic heterocycles. The molecule has 2 amide bonds. The lowest BCUT2D eigenvalue weighted by Crippen LogP contribution is -2.36. The summed E-state index contributed by atoms with van der Waals surface area (Å²) in [5, 5.41) is 7.17. The number of anilines is 1. The van der Waals surface area contributed by atoms with Gasteiger partial charge in [0.05, 0.1) is 6.54 Å². The van der Waals surface area contributed by atoms with E-state index in [0.29, 0.717) is 0 Å². The molecule has 22 heavy (non-hydrogen) atoms. The second-order valence-electron chi connectivity index (χ2n) is 5.28. The number of aromatic nitrogens is 2. The molecule has 0 bridgehead atoms. The topological polar surface area (TPSA) is 50.2 Å². The zero-order chi connectivity index (χ0) is 15.2. The van der Waals surface area contributed by atoms with E-state index in [-0.39, 0.29) is 6.03 Å². The molecule has 0 spiro atoms. The molecular formula is C16H20N4OS. The lowest BCUT2D eigenvalue weighted by atomic mass is 10.2. The molecule has 1 fully saturated rings. The predicted octanol–water partition coefficient (Wildman–Crippen LogP) is 2.90. The Morgan fingerprint density at radius 3 is 2.86 bits per heavy atom. The first-order chi connectivity index (χ1) is 10.8. The molecule has 116 valence electrons. The fraction of sp³-hybridized carbons (Fsp3) is 0.375. The molecule has 1 aromatic carbocycles. The quantitative estimate of drug-likeness (QED) is 0.947. The molecule has 1 aliphatic rings. The fourth-order valence-corrected chi connectivity index (χ4v) is 3.31. The van der Waals surface area contributed by atoms with Crippen LogP contribution < -0.4 is 5.32 Å². The fourth-order valence-electron chi connectivity index (χ4n) is 2.43. The van der Waals surface area contributed by atoms with Gasteiger partial charge in [0.2, 0.25) is 0 Å². The third-order valence-electron chi connectivity index (χ3n) is 3.62. The summed E-state index contributed by atoms with van der Waals surface area (Å²) in [7, 11) is 0. The van der Waals surface area contributed by atoms with E-state index in [1.54, 1.807) is 6.20 Å². The summed E-state index contributed by atoms with van der Waals surface area (Å²) in [5.41, 5.74) is 2.00. The van der Waals surface area contributed by atoms with E-state index in [4.69, 9.17) is 0 Å². The molecule has 0 aliphatic carbocycles. The molecule has 3 rings (SSSR count). The Hall–Kier alpha value is -1.95. The highest BCUT2D eigenvalue weighted by Gasteiger charge is 2.15. The third kappa shape index (κ3) is 4.04. The van der Waals surface area contributed by atoms with Crippen LogP contribution in [0.15, 0.2) is 42.7 Å². The summed E-state index contributed by atoms with van der Waals surface area (Å²) < 4.78 is 1.88. The van der Waals surface area contributed by atoms with Gasteiger partial charge in [-0.1, -0.05) is 12.1 Å². The highest BCUT2D eigenvalue weighted by Crippen LogP contribution is 2.14. The van der Waals surface area contributed by atoms with Gasteiger partial charge in [-0.15, -0.1) is 0 Å². The van der Waals surface area contributed by atoms with Gasteiger partial charge in [0, 0.05) is 36.9 Å². The number of carbonyl (C=O) groups is 1. The number of nitrogens with zero attached hydrogens (tertiary/aromatic N) is 3. The van der Waals surface area contributed by atoms with Crippen LogP contribution in [0.5, 0.6) is 0 Å². The average Bonchev–Trinajstić information content (AvgIpc) is 2.88. The van der Waals surface area contributed by atoms with Crippen LogP contribution in [0.2, 0.25) is 0 Å². The van der Waals surface area contributed by atoms with E-state index < -0.39 is 0 Å². The maximum absolute atomic E-state index is 12.3. The van der Waals surface area contributed by atoms with Crippen LogP contribution in [0.3, 0.4) is 0 Å². The smallest absolute Gasteiger partial charge is 0.321 e. The van der Waals surface area contributed by atoms with Gasteiger partial charge in [-0.25, -0.2) is 4.79 Å². The highest BCUT2D eigenvalue weighted by molar-refractivity contribution is 7.99. The van der Waals surface area contributed by atoms with Gasteiger partial charge >= 0.3 is 6.03 Å². The van der Waals surface area contributed by atoms with E-state index in [2.05, 4.69) is 10.4 Å². The van der Waals surface area contributed by atoms with E-state index in [1.807, 2.05) is 57.9 Å². The molecular weight excluding hydrogens is 296 g/mol. The van der Waals surface area contributed by atoms with Crippen molar-refractivity contribution in [1.29, 1.82) is 0 Å². The molecule has 1 N–H and O–H groups in total. The number of hydrogen-bond donors (Lipinski definition) is 1. The van der Waals surface area contributed by atoms with Crippen molar-refractivity contribution in [3.8, 4) is 0 Å². The van der Waals surface area contributed by atoms with Crippen molar-refractivity contribution in [2.24, 2.45) is 0 Å². The van der Waals surface area contributed by atoms with E-state index >= 15 is 0 Å². The summed E-state index contributed by atoms with van der Waals surface area (Å²) in [5.74, 6) is 2.17. The van der Waals surface area contributed by atoms with Crippen molar-refractivity contribution < 1.29 is 4.79 Å². The molecule has 1 aromatic heterocycles. The van der Waals surface area contributed by atoms with Crippen molar-refractivity contribution in [1.82, 2.24) is 14.7 Å². The number of thioether (sulfide) groups is 1. The van der Waals surface area contributed by atoms with Gasteiger partial charge in [0.1, 0.15) is 0 Å². The first kappa shape index (κ1) is 15.0. The molecule has 0 unspecified atom stereocenters. The Morgan fingerprint density at radius 2 is 2.09 bits per heavy atom. The summed E-state index contributed by atoms with van der Waals surface area (Å²) in [4.78, 5) is 14.2. The van der Waals surface area contributed by atoms with E-state index in [9.17, 15) is 4.79 Å². The van der Waals surface area contributed by atoms with Crippen LogP contribution in [-0.4, -0.2) is 45.3 Å². The number of urea groups is 1. The Kier molecular flexibility index (Phi) is 5.00. The molecule has 6 heteroatoms. The van der Waals surface area contributed by atoms with Crippen LogP contribution >= 0.6 is 11.8 Å². The first-order valence-corrected chi connectivity index (χ1v) is 8.67. The third-order valence-corrected chi connectivity index (χ3v) is 4.67. The molecule has 2 aromatic rings. The summed E-state index contributed by atoms with van der Waals surface area (Å²) >= 11 is 1.92. The normalized spacial score (nSPS) is 15.4. The number of rotatable bonds is 3. The number of carbonyl (C=O) groups excluding carboxylic acids is 1. The lowest BCUT2D eigenvalue weighted by molar-refractivity contribution is 0.216. The minimum absolute atomic E-state index is 0.00215. The van der Waals surface area contributed by atoms with Crippen molar-refractivity contribution in [2.45, 2.75) is 13.0 Å². The Morgan fingerprint density at radius 1 is 1.23 bits per heavy atom. The van der Waals surface area contributed by atoms with Crippen molar-refractivity contribution >= 4 is 23.5 Å². The van der Waals surface area contributed by atoms with Crippen LogP contribution in [0.25, 0.3) is 0 Å². The molecule has 0 radical (unpaired) electrons. The Bertz CT molecular complexity index is 589. The van der Waals surface area contributed by atoms with Crippen LogP contribution in [0.1, 0.15) is 12.0 Å². The maximum Gasteiger partial charge on any atom is 0.321 e. The summed E-state index contributed by atoms with van der Waals surface area (Å²) in [6.07, 6.45) is 4.78. The van der Waals surface area contributed by atoms with Crippen molar-refractivity contribution in [3.05, 3.63) is 48.3 Å². The summed E-state index contributed by atoms with van der Waals surface area (Å²) in [6, 6.07) is 9.86. The lowest BCUT2D eigenvalue weighted by Gasteiger charge is -2.20. The highest BCUT2D eigenvalue weighted by atomic mass is 32.2. The largest absolute Gasteiger partial charge is 0.324 e. The van der Waals surface area contributed by atoms with Gasteiger partial charge in [-0.2, -0.15) is 16.9 Å². The van der Waals surface area contributed by atoms with Gasteiger partial charge in [0.25, 0.3) is 0 Å². The van der Waals surface area contributed by atoms with Crippen molar-refractivity contribution in [3.63, 3.8) is 0 Å². The minimum atomic E-state index is 0.00215. The van der Waals surface area contributed by atoms with Crippen LogP contribution in [0, 0.1) is 0 Å². The second-order valence-corrected chi connectivity index (χ2v) is 6.51. The number of amides is 2. The van der Waals surface area contributed by atoms with Gasteiger partial charge in [0.15, 0.2) is 0 Å². The standard InChI is InChI=1S/C16H20N4OS/c21-16(19-8-2-11-22-12-10-19)18-15-5-3-14(4-6-15)13-20-9-1-7-17-20/h1,3-7,9H,2,8,10-13H2,(H,18,21). The molecule has 0 atom stereocenters.